The van der Waals surface area contributed by atoms with E-state index in [2.05, 4.69) is 20.6 Å². The van der Waals surface area contributed by atoms with Crippen LogP contribution in [0.3, 0.4) is 0 Å². The Morgan fingerprint density at radius 3 is 2.62 bits per heavy atom. The Morgan fingerprint density at radius 2 is 1.83 bits per heavy atom. The van der Waals surface area contributed by atoms with Crippen LogP contribution < -0.4 is 10.6 Å². The first-order chi connectivity index (χ1) is 13.9. The van der Waals surface area contributed by atoms with Gasteiger partial charge in [-0.1, -0.05) is 6.07 Å². The number of alkyl halides is 3. The minimum atomic E-state index is -4.49. The molecule has 1 aliphatic rings. The van der Waals surface area contributed by atoms with E-state index in [1.54, 1.807) is 18.2 Å². The van der Waals surface area contributed by atoms with Crippen molar-refractivity contribution in [2.45, 2.75) is 19.0 Å². The predicted octanol–water partition coefficient (Wildman–Crippen LogP) is 4.31. The van der Waals surface area contributed by atoms with Gasteiger partial charge in [-0.25, -0.2) is 4.98 Å². The van der Waals surface area contributed by atoms with Gasteiger partial charge in [-0.05, 0) is 65.9 Å². The van der Waals surface area contributed by atoms with Crippen LogP contribution in [-0.2, 0) is 19.0 Å². The van der Waals surface area contributed by atoms with Crippen LogP contribution in [0.25, 0.3) is 0 Å². The average Bonchev–Trinajstić information content (AvgIpc) is 3.16. The molecule has 8 heteroatoms. The molecule has 0 spiro atoms. The lowest BCUT2D eigenvalue weighted by Gasteiger charge is -2.10. The summed E-state index contributed by atoms with van der Waals surface area (Å²) in [6.07, 6.45) is -0.782. The number of carbonyl (C=O) groups excluding carboxylic acids is 1. The van der Waals surface area contributed by atoms with Gasteiger partial charge in [0.1, 0.15) is 11.5 Å². The monoisotopic (exact) mass is 398 g/mol. The number of anilines is 2. The van der Waals surface area contributed by atoms with E-state index in [1.807, 2.05) is 12.1 Å². The van der Waals surface area contributed by atoms with Crippen molar-refractivity contribution in [1.29, 1.82) is 0 Å². The molecule has 29 heavy (non-hydrogen) atoms. The number of hydrogen-bond acceptors (Lipinski definition) is 4. The molecule has 0 saturated heterocycles. The van der Waals surface area contributed by atoms with E-state index in [9.17, 15) is 18.0 Å². The highest BCUT2D eigenvalue weighted by Crippen LogP contribution is 2.28. The fourth-order valence-corrected chi connectivity index (χ4v) is 3.37. The third kappa shape index (κ3) is 4.21. The van der Waals surface area contributed by atoms with Gasteiger partial charge in [0.2, 0.25) is 0 Å². The molecule has 1 aliphatic heterocycles. The van der Waals surface area contributed by atoms with E-state index in [4.69, 9.17) is 0 Å². The summed E-state index contributed by atoms with van der Waals surface area (Å²) in [6.45, 7) is 0.791. The Bertz CT molecular complexity index is 1070. The van der Waals surface area contributed by atoms with Crippen molar-refractivity contribution < 1.29 is 18.0 Å². The van der Waals surface area contributed by atoms with E-state index in [1.165, 1.54) is 12.3 Å². The van der Waals surface area contributed by atoms with Gasteiger partial charge in [-0.3, -0.25) is 9.78 Å². The Morgan fingerprint density at radius 1 is 1.07 bits per heavy atom. The number of nitrogens with one attached hydrogen (secondary N) is 2. The standard InChI is InChI=1S/C21H17F3N4O/c22-21(23,24)18-11-13(4-7-26-18)10-14-5-8-27-19(12-14)28-20(29)16-2-1-3-17-15(16)6-9-25-17/h1-5,7-8,11-12,25H,6,9-10H2,(H,27,28,29). The second-order valence-corrected chi connectivity index (χ2v) is 6.74. The molecular formula is C21H17F3N4O. The molecule has 1 amide bonds. The zero-order chi connectivity index (χ0) is 20.4. The summed E-state index contributed by atoms with van der Waals surface area (Å²) in [5.41, 5.74) is 2.79. The summed E-state index contributed by atoms with van der Waals surface area (Å²) in [6, 6.07) is 11.4. The summed E-state index contributed by atoms with van der Waals surface area (Å²) in [7, 11) is 0. The number of nitrogens with zero attached hydrogens (tertiary/aromatic N) is 2. The number of halogens is 3. The number of pyridine rings is 2. The molecule has 148 valence electrons. The topological polar surface area (TPSA) is 66.9 Å². The number of aromatic nitrogens is 2. The smallest absolute Gasteiger partial charge is 0.384 e. The zero-order valence-electron chi connectivity index (χ0n) is 15.3. The van der Waals surface area contributed by atoms with Gasteiger partial charge in [0.05, 0.1) is 0 Å². The van der Waals surface area contributed by atoms with Crippen LogP contribution in [0.5, 0.6) is 0 Å². The average molecular weight is 398 g/mol. The van der Waals surface area contributed by atoms with Crippen molar-refractivity contribution in [3.63, 3.8) is 0 Å². The lowest BCUT2D eigenvalue weighted by atomic mass is 10.0. The second kappa shape index (κ2) is 7.54. The Balaban J connectivity index is 1.51. The maximum Gasteiger partial charge on any atom is 0.433 e. The first-order valence-electron chi connectivity index (χ1n) is 9.04. The summed E-state index contributed by atoms with van der Waals surface area (Å²) in [5.74, 6) is 0.0830. The van der Waals surface area contributed by atoms with Crippen molar-refractivity contribution in [2.24, 2.45) is 0 Å². The Kier molecular flexibility index (Phi) is 4.92. The van der Waals surface area contributed by atoms with Crippen molar-refractivity contribution in [3.05, 3.63) is 82.8 Å². The molecule has 3 aromatic rings. The molecule has 2 N–H and O–H groups in total. The van der Waals surface area contributed by atoms with Gasteiger partial charge < -0.3 is 10.6 Å². The third-order valence-corrected chi connectivity index (χ3v) is 4.70. The van der Waals surface area contributed by atoms with Gasteiger partial charge >= 0.3 is 6.18 Å². The minimum absolute atomic E-state index is 0.265. The van der Waals surface area contributed by atoms with Gasteiger partial charge in [0, 0.05) is 30.2 Å². The molecule has 3 heterocycles. The summed E-state index contributed by atoms with van der Waals surface area (Å²) in [5, 5.41) is 6.01. The number of hydrogen-bond donors (Lipinski definition) is 2. The predicted molar refractivity (Wildman–Crippen MR) is 103 cm³/mol. The van der Waals surface area contributed by atoms with Gasteiger partial charge in [0.25, 0.3) is 5.91 Å². The summed E-state index contributed by atoms with van der Waals surface area (Å²) < 4.78 is 38.5. The minimum Gasteiger partial charge on any atom is -0.384 e. The number of amides is 1. The van der Waals surface area contributed by atoms with Crippen LogP contribution in [0.15, 0.2) is 54.9 Å². The summed E-state index contributed by atoms with van der Waals surface area (Å²) >= 11 is 0. The highest BCUT2D eigenvalue weighted by Gasteiger charge is 2.32. The van der Waals surface area contributed by atoms with Crippen LogP contribution in [0, 0.1) is 0 Å². The largest absolute Gasteiger partial charge is 0.433 e. The van der Waals surface area contributed by atoms with Crippen LogP contribution >= 0.6 is 0 Å². The number of carbonyl (C=O) groups is 1. The van der Waals surface area contributed by atoms with Crippen LogP contribution in [0.2, 0.25) is 0 Å². The molecule has 2 aromatic heterocycles. The quantitative estimate of drug-likeness (QED) is 0.688. The SMILES string of the molecule is O=C(Nc1cc(Cc2ccnc(C(F)(F)F)c2)ccn1)c1cccc2c1CCN2. The van der Waals surface area contributed by atoms with Gasteiger partial charge in [-0.2, -0.15) is 13.2 Å². The summed E-state index contributed by atoms with van der Waals surface area (Å²) in [4.78, 5) is 20.2. The first kappa shape index (κ1) is 18.9. The molecule has 0 unspecified atom stereocenters. The molecular weight excluding hydrogens is 381 g/mol. The normalized spacial score (nSPS) is 12.9. The first-order valence-corrected chi connectivity index (χ1v) is 9.04. The second-order valence-electron chi connectivity index (χ2n) is 6.74. The molecule has 0 radical (unpaired) electrons. The van der Waals surface area contributed by atoms with Crippen LogP contribution in [0.1, 0.15) is 32.7 Å². The maximum atomic E-state index is 12.8. The molecule has 0 bridgehead atoms. The molecule has 0 saturated carbocycles. The fourth-order valence-electron chi connectivity index (χ4n) is 3.37. The van der Waals surface area contributed by atoms with Gasteiger partial charge in [0.15, 0.2) is 0 Å². The molecule has 0 atom stereocenters. The van der Waals surface area contributed by atoms with Crippen molar-refractivity contribution >= 4 is 17.4 Å². The van der Waals surface area contributed by atoms with E-state index < -0.39 is 11.9 Å². The van der Waals surface area contributed by atoms with Crippen molar-refractivity contribution in [1.82, 2.24) is 9.97 Å². The number of benzene rings is 1. The van der Waals surface area contributed by atoms with E-state index in [-0.39, 0.29) is 12.3 Å². The third-order valence-electron chi connectivity index (χ3n) is 4.70. The highest BCUT2D eigenvalue weighted by atomic mass is 19.4. The number of fused-ring (bicyclic) bond motifs is 1. The lowest BCUT2D eigenvalue weighted by Crippen LogP contribution is -2.15. The molecule has 0 fully saturated rings. The van der Waals surface area contributed by atoms with E-state index >= 15 is 0 Å². The molecule has 1 aromatic carbocycles. The van der Waals surface area contributed by atoms with Crippen molar-refractivity contribution in [2.75, 3.05) is 17.2 Å². The van der Waals surface area contributed by atoms with Gasteiger partial charge in [-0.15, -0.1) is 0 Å². The Labute approximate surface area is 165 Å². The van der Waals surface area contributed by atoms with Crippen LogP contribution in [-0.4, -0.2) is 22.4 Å². The maximum absolute atomic E-state index is 12.8. The highest BCUT2D eigenvalue weighted by molar-refractivity contribution is 6.06. The molecule has 5 nitrogen and oxygen atoms in total. The Hall–Kier alpha value is -3.42. The van der Waals surface area contributed by atoms with Crippen LogP contribution in [0.4, 0.5) is 24.7 Å². The number of rotatable bonds is 4. The van der Waals surface area contributed by atoms with E-state index in [0.29, 0.717) is 16.9 Å². The lowest BCUT2D eigenvalue weighted by molar-refractivity contribution is -0.141. The molecule has 4 rings (SSSR count). The fraction of sp³-hybridized carbons (Fsp3) is 0.190. The van der Waals surface area contributed by atoms with Crippen molar-refractivity contribution in [3.8, 4) is 0 Å². The molecule has 0 aliphatic carbocycles. The zero-order valence-corrected chi connectivity index (χ0v) is 15.3. The van der Waals surface area contributed by atoms with E-state index in [0.717, 1.165) is 42.0 Å².